The molecule has 0 saturated heterocycles. The number of hydrogen-bond acceptors (Lipinski definition) is 3. The molecule has 5 heteroatoms. The van der Waals surface area contributed by atoms with Crippen molar-refractivity contribution in [3.05, 3.63) is 23.8 Å². The summed E-state index contributed by atoms with van der Waals surface area (Å²) in [6, 6.07) is 5.32. The largest absolute Gasteiger partial charge is 0.494 e. The molecular weight excluding hydrogens is 232 g/mol. The minimum absolute atomic E-state index is 0.237. The van der Waals surface area contributed by atoms with Crippen LogP contribution in [0, 0.1) is 6.92 Å². The van der Waals surface area contributed by atoms with Crippen molar-refractivity contribution in [1.29, 1.82) is 0 Å². The summed E-state index contributed by atoms with van der Waals surface area (Å²) in [6.07, 6.45) is 0. The fraction of sp³-hybridized carbons (Fsp3) is 0.462. The van der Waals surface area contributed by atoms with E-state index in [1.54, 1.807) is 7.11 Å². The quantitative estimate of drug-likeness (QED) is 0.763. The Labute approximate surface area is 107 Å². The van der Waals surface area contributed by atoms with E-state index in [9.17, 15) is 4.79 Å². The van der Waals surface area contributed by atoms with Crippen LogP contribution < -0.4 is 15.4 Å². The van der Waals surface area contributed by atoms with E-state index in [0.29, 0.717) is 19.8 Å². The van der Waals surface area contributed by atoms with Gasteiger partial charge in [0.25, 0.3) is 0 Å². The molecule has 5 nitrogen and oxygen atoms in total. The third-order valence-electron chi connectivity index (χ3n) is 2.35. The summed E-state index contributed by atoms with van der Waals surface area (Å²) >= 11 is 0. The molecule has 1 aromatic rings. The number of nitrogens with one attached hydrogen (secondary N) is 2. The molecule has 0 unspecified atom stereocenters. The van der Waals surface area contributed by atoms with Crippen LogP contribution in [0.3, 0.4) is 0 Å². The number of rotatable bonds is 6. The Morgan fingerprint density at radius 2 is 2.17 bits per heavy atom. The summed E-state index contributed by atoms with van der Waals surface area (Å²) in [4.78, 5) is 11.5. The summed E-state index contributed by atoms with van der Waals surface area (Å²) in [7, 11) is 1.59. The fourth-order valence-corrected chi connectivity index (χ4v) is 1.47. The molecule has 0 aliphatic heterocycles. The maximum absolute atomic E-state index is 11.5. The Hall–Kier alpha value is -1.75. The van der Waals surface area contributed by atoms with Crippen LogP contribution in [0.5, 0.6) is 5.75 Å². The maximum atomic E-state index is 11.5. The fourth-order valence-electron chi connectivity index (χ4n) is 1.47. The van der Waals surface area contributed by atoms with Crippen LogP contribution in [0.25, 0.3) is 0 Å². The van der Waals surface area contributed by atoms with Gasteiger partial charge in [0.1, 0.15) is 5.75 Å². The molecule has 0 heterocycles. The van der Waals surface area contributed by atoms with Crippen molar-refractivity contribution in [2.45, 2.75) is 13.8 Å². The first-order chi connectivity index (χ1) is 8.67. The molecule has 18 heavy (non-hydrogen) atoms. The number of aryl methyl sites for hydroxylation is 1. The van der Waals surface area contributed by atoms with Crippen molar-refractivity contribution in [3.8, 4) is 5.75 Å². The van der Waals surface area contributed by atoms with E-state index in [2.05, 4.69) is 10.6 Å². The van der Waals surface area contributed by atoms with Crippen molar-refractivity contribution >= 4 is 11.7 Å². The lowest BCUT2D eigenvalue weighted by Crippen LogP contribution is -2.31. The lowest BCUT2D eigenvalue weighted by Gasteiger charge is -2.11. The zero-order valence-electron chi connectivity index (χ0n) is 11.1. The van der Waals surface area contributed by atoms with Crippen molar-refractivity contribution < 1.29 is 14.3 Å². The second kappa shape index (κ2) is 7.55. The minimum Gasteiger partial charge on any atom is -0.494 e. The highest BCUT2D eigenvalue weighted by Crippen LogP contribution is 2.21. The highest BCUT2D eigenvalue weighted by Gasteiger charge is 2.04. The molecule has 0 aliphatic rings. The number of anilines is 1. The third-order valence-corrected chi connectivity index (χ3v) is 2.35. The van der Waals surface area contributed by atoms with Crippen LogP contribution in [0.1, 0.15) is 12.5 Å². The molecule has 100 valence electrons. The monoisotopic (exact) mass is 252 g/mol. The Morgan fingerprint density at radius 1 is 1.39 bits per heavy atom. The zero-order valence-corrected chi connectivity index (χ0v) is 11.1. The average Bonchev–Trinajstić information content (AvgIpc) is 2.33. The van der Waals surface area contributed by atoms with Gasteiger partial charge in [0.15, 0.2) is 0 Å². The molecule has 0 spiro atoms. The molecule has 0 atom stereocenters. The van der Waals surface area contributed by atoms with Crippen LogP contribution in [-0.2, 0) is 4.74 Å². The van der Waals surface area contributed by atoms with Gasteiger partial charge >= 0.3 is 6.03 Å². The van der Waals surface area contributed by atoms with Gasteiger partial charge in [-0.15, -0.1) is 0 Å². The van der Waals surface area contributed by atoms with Crippen molar-refractivity contribution in [3.63, 3.8) is 0 Å². The Morgan fingerprint density at radius 3 is 2.78 bits per heavy atom. The summed E-state index contributed by atoms with van der Waals surface area (Å²) in [5.74, 6) is 0.806. The van der Waals surface area contributed by atoms with E-state index < -0.39 is 0 Å². The normalized spacial score (nSPS) is 9.94. The number of urea groups is 1. The van der Waals surface area contributed by atoms with Crippen LogP contribution in [0.2, 0.25) is 0 Å². The van der Waals surface area contributed by atoms with Gasteiger partial charge in [-0.2, -0.15) is 0 Å². The summed E-state index contributed by atoms with van der Waals surface area (Å²) in [5.41, 5.74) is 1.73. The number of methoxy groups -OCH3 is 1. The number of carbonyl (C=O) groups excluding carboxylic acids is 1. The first kappa shape index (κ1) is 14.3. The molecule has 0 fully saturated rings. The number of ether oxygens (including phenoxy) is 2. The molecule has 1 rings (SSSR count). The highest BCUT2D eigenvalue weighted by molar-refractivity contribution is 5.90. The van der Waals surface area contributed by atoms with Crippen LogP contribution in [0.15, 0.2) is 18.2 Å². The molecule has 0 aromatic heterocycles. The SMILES string of the molecule is CCOc1ccc(NC(=O)NCCOC)c(C)c1. The molecule has 1 aromatic carbocycles. The van der Waals surface area contributed by atoms with Crippen LogP contribution in [0.4, 0.5) is 10.5 Å². The first-order valence-electron chi connectivity index (χ1n) is 5.94. The van der Waals surface area contributed by atoms with E-state index in [-0.39, 0.29) is 6.03 Å². The van der Waals surface area contributed by atoms with Crippen LogP contribution in [-0.4, -0.2) is 32.9 Å². The minimum atomic E-state index is -0.237. The predicted molar refractivity (Wildman–Crippen MR) is 71.2 cm³/mol. The third kappa shape index (κ3) is 4.63. The maximum Gasteiger partial charge on any atom is 0.319 e. The van der Waals surface area contributed by atoms with Crippen LogP contribution >= 0.6 is 0 Å². The Bertz CT molecular complexity index is 394. The number of hydrogen-bond donors (Lipinski definition) is 2. The second-order valence-corrected chi connectivity index (χ2v) is 3.78. The first-order valence-corrected chi connectivity index (χ1v) is 5.94. The van der Waals surface area contributed by atoms with Gasteiger partial charge in [-0.05, 0) is 37.6 Å². The molecule has 0 aliphatic carbocycles. The number of benzene rings is 1. The molecule has 2 amide bonds. The lowest BCUT2D eigenvalue weighted by atomic mass is 10.2. The van der Waals surface area contributed by atoms with E-state index in [1.165, 1.54) is 0 Å². The smallest absolute Gasteiger partial charge is 0.319 e. The summed E-state index contributed by atoms with van der Waals surface area (Å²) in [5, 5.41) is 5.47. The van der Waals surface area contributed by atoms with Gasteiger partial charge in [0.05, 0.1) is 13.2 Å². The average molecular weight is 252 g/mol. The van der Waals surface area contributed by atoms with Gasteiger partial charge in [-0.25, -0.2) is 4.79 Å². The Balaban J connectivity index is 2.53. The standard InChI is InChI=1S/C13H20N2O3/c1-4-18-11-5-6-12(10(2)9-11)15-13(16)14-7-8-17-3/h5-6,9H,4,7-8H2,1-3H3,(H2,14,15,16). The van der Waals surface area contributed by atoms with Gasteiger partial charge in [0.2, 0.25) is 0 Å². The van der Waals surface area contributed by atoms with E-state index in [1.807, 2.05) is 32.0 Å². The number of carbonyl (C=O) groups is 1. The van der Waals surface area contributed by atoms with Crippen molar-refractivity contribution in [2.75, 3.05) is 32.2 Å². The van der Waals surface area contributed by atoms with Crippen molar-refractivity contribution in [1.82, 2.24) is 5.32 Å². The van der Waals surface area contributed by atoms with Gasteiger partial charge in [-0.3, -0.25) is 0 Å². The molecule has 0 saturated carbocycles. The second-order valence-electron chi connectivity index (χ2n) is 3.78. The summed E-state index contributed by atoms with van der Waals surface area (Å²) < 4.78 is 10.2. The highest BCUT2D eigenvalue weighted by atomic mass is 16.5. The molecule has 0 bridgehead atoms. The zero-order chi connectivity index (χ0) is 13.4. The van der Waals surface area contributed by atoms with Crippen molar-refractivity contribution in [2.24, 2.45) is 0 Å². The number of amides is 2. The van der Waals surface area contributed by atoms with Gasteiger partial charge in [0, 0.05) is 19.3 Å². The Kier molecular flexibility index (Phi) is 6.00. The van der Waals surface area contributed by atoms with E-state index >= 15 is 0 Å². The predicted octanol–water partition coefficient (Wildman–Crippen LogP) is 2.16. The topological polar surface area (TPSA) is 59.6 Å². The van der Waals surface area contributed by atoms with Gasteiger partial charge < -0.3 is 20.1 Å². The van der Waals surface area contributed by atoms with E-state index in [4.69, 9.17) is 9.47 Å². The molecule has 2 N–H and O–H groups in total. The van der Waals surface area contributed by atoms with Gasteiger partial charge in [-0.1, -0.05) is 0 Å². The summed E-state index contributed by atoms with van der Waals surface area (Å²) in [6.45, 7) is 5.47. The molecule has 0 radical (unpaired) electrons. The molecular formula is C13H20N2O3. The van der Waals surface area contributed by atoms with E-state index in [0.717, 1.165) is 17.0 Å². The lowest BCUT2D eigenvalue weighted by molar-refractivity contribution is 0.198.